The van der Waals surface area contributed by atoms with Gasteiger partial charge < -0.3 is 0 Å². The summed E-state index contributed by atoms with van der Waals surface area (Å²) in [5.41, 5.74) is 0. The van der Waals surface area contributed by atoms with E-state index in [9.17, 15) is 0 Å². The standard InChI is InChI=1S/C3H2BrNSe/c4-3-1-6-2-5-3/h1-2H. The molecule has 0 unspecified atom stereocenters. The molecule has 0 aliphatic heterocycles. The van der Waals surface area contributed by atoms with Gasteiger partial charge in [0.1, 0.15) is 0 Å². The first-order chi connectivity index (χ1) is 2.89. The molecule has 1 nitrogen and oxygen atoms in total. The first-order valence-corrected chi connectivity index (χ1v) is 4.20. The van der Waals surface area contributed by atoms with Crippen LogP contribution in [0.4, 0.5) is 0 Å². The second kappa shape index (κ2) is 1.92. The van der Waals surface area contributed by atoms with Gasteiger partial charge in [-0.1, -0.05) is 0 Å². The van der Waals surface area contributed by atoms with Gasteiger partial charge in [0.15, 0.2) is 0 Å². The van der Waals surface area contributed by atoms with Gasteiger partial charge in [-0.25, -0.2) is 0 Å². The topological polar surface area (TPSA) is 12.9 Å². The molecule has 1 aromatic heterocycles. The van der Waals surface area contributed by atoms with Crippen molar-refractivity contribution in [3.63, 3.8) is 0 Å². The van der Waals surface area contributed by atoms with Crippen LogP contribution in [0.1, 0.15) is 0 Å². The van der Waals surface area contributed by atoms with Crippen LogP contribution >= 0.6 is 15.9 Å². The second-order valence-electron chi connectivity index (χ2n) is 0.811. The van der Waals surface area contributed by atoms with Crippen molar-refractivity contribution in [3.05, 3.63) is 14.6 Å². The number of hydrogen-bond donors (Lipinski definition) is 0. The molecular formula is C3H2BrNSe. The molecule has 0 aliphatic carbocycles. The third kappa shape index (κ3) is 0.934. The van der Waals surface area contributed by atoms with Crippen molar-refractivity contribution in [3.8, 4) is 0 Å². The summed E-state index contributed by atoms with van der Waals surface area (Å²) in [6, 6.07) is 0. The zero-order valence-corrected chi connectivity index (χ0v) is 6.19. The van der Waals surface area contributed by atoms with E-state index in [0.29, 0.717) is 14.5 Å². The van der Waals surface area contributed by atoms with Crippen molar-refractivity contribution in [2.45, 2.75) is 0 Å². The van der Waals surface area contributed by atoms with Gasteiger partial charge in [-0.05, 0) is 0 Å². The molecule has 0 N–H and O–H groups in total. The third-order valence-corrected chi connectivity index (χ3v) is 2.75. The summed E-state index contributed by atoms with van der Waals surface area (Å²) >= 11 is 3.76. The predicted molar refractivity (Wildman–Crippen MR) is 28.9 cm³/mol. The van der Waals surface area contributed by atoms with Crippen LogP contribution in [-0.2, 0) is 0 Å². The molecule has 0 fully saturated rings. The fraction of sp³-hybridized carbons (Fsp3) is 0. The van der Waals surface area contributed by atoms with Gasteiger partial charge >= 0.3 is 50.0 Å². The molecule has 0 radical (unpaired) electrons. The van der Waals surface area contributed by atoms with Crippen molar-refractivity contribution in [2.75, 3.05) is 0 Å². The minimum absolute atomic E-state index is 0.541. The average molecular weight is 211 g/mol. The monoisotopic (exact) mass is 211 g/mol. The third-order valence-electron chi connectivity index (χ3n) is 0.402. The Balaban J connectivity index is 3.05. The Bertz CT molecular complexity index is 114. The van der Waals surface area contributed by atoms with E-state index < -0.39 is 0 Å². The van der Waals surface area contributed by atoms with E-state index in [1.165, 1.54) is 0 Å². The maximum absolute atomic E-state index is 3.92. The number of hydrogen-bond acceptors (Lipinski definition) is 1. The molecule has 32 valence electrons. The van der Waals surface area contributed by atoms with Crippen LogP contribution in [0.25, 0.3) is 0 Å². The van der Waals surface area contributed by atoms with Crippen LogP contribution < -0.4 is 0 Å². The molecule has 6 heavy (non-hydrogen) atoms. The van der Waals surface area contributed by atoms with Crippen molar-refractivity contribution < 1.29 is 0 Å². The van der Waals surface area contributed by atoms with Gasteiger partial charge in [0.2, 0.25) is 0 Å². The summed E-state index contributed by atoms with van der Waals surface area (Å²) in [7, 11) is 0. The Kier molecular flexibility index (Phi) is 1.46. The Labute approximate surface area is 50.3 Å². The summed E-state index contributed by atoms with van der Waals surface area (Å²) in [6.45, 7) is 0. The Hall–Kier alpha value is 0.409. The van der Waals surface area contributed by atoms with Gasteiger partial charge in [0, 0.05) is 0 Å². The molecule has 0 aliphatic rings. The van der Waals surface area contributed by atoms with Gasteiger partial charge in [0.05, 0.1) is 0 Å². The minimum atomic E-state index is 0.541. The first-order valence-electron chi connectivity index (χ1n) is 1.43. The van der Waals surface area contributed by atoms with Crippen LogP contribution in [0, 0.1) is 0 Å². The molecule has 0 aromatic carbocycles. The molecule has 0 saturated heterocycles. The van der Waals surface area contributed by atoms with Crippen LogP contribution in [-0.4, -0.2) is 19.5 Å². The molecule has 3 heteroatoms. The molecular weight excluding hydrogens is 209 g/mol. The van der Waals surface area contributed by atoms with Gasteiger partial charge in [0.25, 0.3) is 0 Å². The predicted octanol–water partition coefficient (Wildman–Crippen LogP) is 0.901. The van der Waals surface area contributed by atoms with E-state index in [1.54, 1.807) is 0 Å². The molecule has 0 atom stereocenters. The van der Waals surface area contributed by atoms with Gasteiger partial charge in [-0.15, -0.1) is 0 Å². The summed E-state index contributed by atoms with van der Waals surface area (Å²) in [6.07, 6.45) is 0. The van der Waals surface area contributed by atoms with Crippen LogP contribution in [0.2, 0.25) is 0 Å². The van der Waals surface area contributed by atoms with Crippen LogP contribution in [0.3, 0.4) is 0 Å². The summed E-state index contributed by atoms with van der Waals surface area (Å²) in [5, 5.41) is 1.93. The zero-order chi connectivity index (χ0) is 4.41. The molecule has 1 aromatic rings. The molecule has 0 saturated carbocycles. The Morgan fingerprint density at radius 3 is 2.83 bits per heavy atom. The molecule has 0 amide bonds. The first kappa shape index (κ1) is 4.57. The van der Waals surface area contributed by atoms with Crippen molar-refractivity contribution in [1.82, 2.24) is 4.98 Å². The summed E-state index contributed by atoms with van der Waals surface area (Å²) in [4.78, 5) is 5.99. The van der Waals surface area contributed by atoms with Crippen molar-refractivity contribution >= 4 is 30.4 Å². The fourth-order valence-corrected chi connectivity index (χ4v) is 2.02. The summed E-state index contributed by atoms with van der Waals surface area (Å²) < 4.78 is 0.988. The number of halogens is 1. The maximum atomic E-state index is 3.92. The number of nitrogens with zero attached hydrogens (tertiary/aromatic N) is 1. The molecule has 1 heterocycles. The van der Waals surface area contributed by atoms with Crippen molar-refractivity contribution in [2.24, 2.45) is 0 Å². The summed E-state index contributed by atoms with van der Waals surface area (Å²) in [5.74, 6) is 0. The molecule has 0 bridgehead atoms. The second-order valence-corrected chi connectivity index (χ2v) is 3.13. The quantitative estimate of drug-likeness (QED) is 0.581. The number of rotatable bonds is 0. The van der Waals surface area contributed by atoms with E-state index in [-0.39, 0.29) is 0 Å². The SMILES string of the molecule is Brc1c[se]cn1. The van der Waals surface area contributed by atoms with E-state index >= 15 is 0 Å². The van der Waals surface area contributed by atoms with E-state index in [2.05, 4.69) is 25.9 Å². The van der Waals surface area contributed by atoms with E-state index in [0.717, 1.165) is 4.60 Å². The Morgan fingerprint density at radius 2 is 2.67 bits per heavy atom. The van der Waals surface area contributed by atoms with E-state index in [1.807, 2.05) is 5.07 Å². The molecule has 0 spiro atoms. The molecule has 1 rings (SSSR count). The fourth-order valence-electron chi connectivity index (χ4n) is 0.198. The van der Waals surface area contributed by atoms with E-state index in [4.69, 9.17) is 0 Å². The zero-order valence-electron chi connectivity index (χ0n) is 2.89. The average Bonchev–Trinajstić information content (AvgIpc) is 1.86. The Morgan fingerprint density at radius 1 is 1.83 bits per heavy atom. The van der Waals surface area contributed by atoms with Gasteiger partial charge in [-0.2, -0.15) is 0 Å². The van der Waals surface area contributed by atoms with Gasteiger partial charge in [-0.3, -0.25) is 0 Å². The number of aromatic nitrogens is 1. The normalized spacial score (nSPS) is 8.83. The van der Waals surface area contributed by atoms with Crippen LogP contribution in [0.5, 0.6) is 0 Å². The van der Waals surface area contributed by atoms with Crippen molar-refractivity contribution in [1.29, 1.82) is 0 Å². The van der Waals surface area contributed by atoms with Crippen LogP contribution in [0.15, 0.2) is 14.6 Å².